The molecule has 8 aromatic rings. The molecule has 0 amide bonds. The summed E-state index contributed by atoms with van der Waals surface area (Å²) in [4.78, 5) is 15.0. The number of hydrogen-bond acceptors (Lipinski definition) is 3. The van der Waals surface area contributed by atoms with Crippen molar-refractivity contribution in [2.24, 2.45) is 0 Å². The van der Waals surface area contributed by atoms with Crippen molar-refractivity contribution in [2.45, 2.75) is 13.8 Å². The van der Waals surface area contributed by atoms with Crippen LogP contribution in [0.4, 0.5) is 4.39 Å². The highest BCUT2D eigenvalue weighted by molar-refractivity contribution is 6.09. The largest absolute Gasteiger partial charge is 0.309 e. The first-order valence-corrected chi connectivity index (χ1v) is 15.3. The minimum absolute atomic E-state index is 0.282. The molecule has 0 aliphatic heterocycles. The molecule has 220 valence electrons. The van der Waals surface area contributed by atoms with Crippen molar-refractivity contribution in [1.82, 2.24) is 19.5 Å². The second-order valence-corrected chi connectivity index (χ2v) is 11.7. The Labute approximate surface area is 266 Å². The Morgan fingerprint density at radius 1 is 0.457 bits per heavy atom. The second-order valence-electron chi connectivity index (χ2n) is 11.7. The summed E-state index contributed by atoms with van der Waals surface area (Å²) in [6.45, 7) is 4.26. The van der Waals surface area contributed by atoms with Crippen molar-refractivity contribution in [3.63, 3.8) is 0 Å². The summed E-state index contributed by atoms with van der Waals surface area (Å²) in [5, 5.41) is 2.42. The predicted molar refractivity (Wildman–Crippen MR) is 185 cm³/mol. The molecule has 0 saturated carbocycles. The third-order valence-electron chi connectivity index (χ3n) is 8.43. The van der Waals surface area contributed by atoms with E-state index < -0.39 is 0 Å². The maximum Gasteiger partial charge on any atom is 0.164 e. The van der Waals surface area contributed by atoms with Crippen LogP contribution in [-0.4, -0.2) is 19.5 Å². The van der Waals surface area contributed by atoms with Crippen LogP contribution in [0.5, 0.6) is 0 Å². The van der Waals surface area contributed by atoms with E-state index in [-0.39, 0.29) is 5.82 Å². The average molecular weight is 597 g/mol. The highest BCUT2D eigenvalue weighted by Crippen LogP contribution is 2.38. The predicted octanol–water partition coefficient (Wildman–Crippen LogP) is 10.4. The van der Waals surface area contributed by atoms with Gasteiger partial charge in [-0.15, -0.1) is 0 Å². The number of benzene rings is 6. The van der Waals surface area contributed by atoms with Gasteiger partial charge in [0, 0.05) is 33.2 Å². The summed E-state index contributed by atoms with van der Waals surface area (Å²) in [7, 11) is 0. The van der Waals surface area contributed by atoms with Gasteiger partial charge in [0.25, 0.3) is 0 Å². The van der Waals surface area contributed by atoms with Gasteiger partial charge in [0.1, 0.15) is 5.82 Å². The zero-order chi connectivity index (χ0) is 31.2. The van der Waals surface area contributed by atoms with Crippen molar-refractivity contribution < 1.29 is 4.39 Å². The van der Waals surface area contributed by atoms with Crippen LogP contribution >= 0.6 is 0 Å². The third-order valence-corrected chi connectivity index (χ3v) is 8.43. The van der Waals surface area contributed by atoms with Crippen molar-refractivity contribution >= 4 is 21.8 Å². The van der Waals surface area contributed by atoms with E-state index in [1.54, 1.807) is 12.1 Å². The number of nitrogens with zero attached hydrogens (tertiary/aromatic N) is 4. The summed E-state index contributed by atoms with van der Waals surface area (Å²) in [5.41, 5.74) is 10.1. The highest BCUT2D eigenvalue weighted by atomic mass is 19.1. The van der Waals surface area contributed by atoms with Gasteiger partial charge in [-0.05, 0) is 73.5 Å². The second kappa shape index (κ2) is 11.2. The van der Waals surface area contributed by atoms with Crippen LogP contribution in [0.25, 0.3) is 72.8 Å². The van der Waals surface area contributed by atoms with E-state index in [1.807, 2.05) is 60.7 Å². The van der Waals surface area contributed by atoms with Crippen molar-refractivity contribution in [2.75, 3.05) is 0 Å². The SMILES string of the molecule is Cc1ccc2c(c1)c1cc(C)ccc1n2-c1ccc(-c2ccc(F)cc2)c(-c2nc(-c3ccccc3)nc(-c3ccccc3)n2)c1. The van der Waals surface area contributed by atoms with Gasteiger partial charge in [-0.3, -0.25) is 0 Å². The summed E-state index contributed by atoms with van der Waals surface area (Å²) in [5.74, 6) is 1.43. The van der Waals surface area contributed by atoms with Gasteiger partial charge in [-0.25, -0.2) is 19.3 Å². The zero-order valence-corrected chi connectivity index (χ0v) is 25.4. The maximum absolute atomic E-state index is 14.1. The van der Waals surface area contributed by atoms with Crippen LogP contribution in [0.1, 0.15) is 11.1 Å². The smallest absolute Gasteiger partial charge is 0.164 e. The Bertz CT molecular complexity index is 2260. The van der Waals surface area contributed by atoms with Gasteiger partial charge in [-0.1, -0.05) is 102 Å². The normalized spacial score (nSPS) is 11.4. The van der Waals surface area contributed by atoms with Gasteiger partial charge in [0.15, 0.2) is 17.5 Å². The molecule has 46 heavy (non-hydrogen) atoms. The molecule has 0 aliphatic carbocycles. The molecule has 6 aromatic carbocycles. The highest BCUT2D eigenvalue weighted by Gasteiger charge is 2.19. The Balaban J connectivity index is 1.43. The standard InChI is InChI=1S/C41H29FN4/c1-26-13-21-37-34(23-26)35-24-27(2)14-22-38(35)46(37)32-19-20-33(28-15-17-31(42)18-16-28)36(25-32)41-44-39(29-9-5-3-6-10-29)43-40(45-41)30-11-7-4-8-12-30/h3-25H,1-2H3. The molecule has 2 heterocycles. The van der Waals surface area contributed by atoms with Crippen molar-refractivity contribution in [3.8, 4) is 51.0 Å². The molecule has 0 saturated heterocycles. The summed E-state index contributed by atoms with van der Waals surface area (Å²) < 4.78 is 16.4. The fraction of sp³-hybridized carbons (Fsp3) is 0.0488. The lowest BCUT2D eigenvalue weighted by Gasteiger charge is -2.15. The lowest BCUT2D eigenvalue weighted by atomic mass is 9.98. The molecule has 0 aliphatic rings. The molecule has 0 N–H and O–H groups in total. The number of aryl methyl sites for hydroxylation is 2. The van der Waals surface area contributed by atoms with E-state index in [0.717, 1.165) is 44.5 Å². The van der Waals surface area contributed by atoms with Gasteiger partial charge in [0.05, 0.1) is 11.0 Å². The number of halogens is 1. The maximum atomic E-state index is 14.1. The van der Waals surface area contributed by atoms with Crippen LogP contribution in [0.3, 0.4) is 0 Å². The monoisotopic (exact) mass is 596 g/mol. The number of hydrogen-bond donors (Lipinski definition) is 0. The van der Waals surface area contributed by atoms with E-state index in [0.29, 0.717) is 17.5 Å². The number of fused-ring (bicyclic) bond motifs is 3. The summed E-state index contributed by atoms with van der Waals surface area (Å²) >= 11 is 0. The van der Waals surface area contributed by atoms with Crippen molar-refractivity contribution in [1.29, 1.82) is 0 Å². The average Bonchev–Trinajstić information content (AvgIpc) is 3.41. The van der Waals surface area contributed by atoms with Crippen LogP contribution in [0.2, 0.25) is 0 Å². The minimum atomic E-state index is -0.282. The molecule has 5 heteroatoms. The summed E-state index contributed by atoms with van der Waals surface area (Å²) in [6, 6.07) is 46.1. The van der Waals surface area contributed by atoms with E-state index in [1.165, 1.54) is 34.0 Å². The number of rotatable bonds is 5. The molecule has 4 nitrogen and oxygen atoms in total. The first-order valence-electron chi connectivity index (χ1n) is 15.3. The lowest BCUT2D eigenvalue weighted by Crippen LogP contribution is -2.02. The van der Waals surface area contributed by atoms with Crippen LogP contribution < -0.4 is 0 Å². The first kappa shape index (κ1) is 27.6. The Kier molecular flexibility index (Phi) is 6.72. The molecule has 0 atom stereocenters. The fourth-order valence-electron chi connectivity index (χ4n) is 6.20. The van der Waals surface area contributed by atoms with Crippen LogP contribution in [0, 0.1) is 19.7 Å². The molecule has 0 spiro atoms. The Hall–Kier alpha value is -5.94. The van der Waals surface area contributed by atoms with E-state index in [2.05, 4.69) is 73.0 Å². The number of aromatic nitrogens is 4. The van der Waals surface area contributed by atoms with Crippen LogP contribution in [-0.2, 0) is 0 Å². The minimum Gasteiger partial charge on any atom is -0.309 e. The fourth-order valence-corrected chi connectivity index (χ4v) is 6.20. The molecular formula is C41H29FN4. The zero-order valence-electron chi connectivity index (χ0n) is 25.4. The first-order chi connectivity index (χ1) is 22.5. The quantitative estimate of drug-likeness (QED) is 0.199. The molecule has 0 bridgehead atoms. The molecular weight excluding hydrogens is 567 g/mol. The molecule has 2 aromatic heterocycles. The molecule has 0 unspecified atom stereocenters. The third kappa shape index (κ3) is 4.92. The van der Waals surface area contributed by atoms with Gasteiger partial charge >= 0.3 is 0 Å². The molecule has 0 fully saturated rings. The van der Waals surface area contributed by atoms with Crippen LogP contribution in [0.15, 0.2) is 140 Å². The molecule has 0 radical (unpaired) electrons. The van der Waals surface area contributed by atoms with Gasteiger partial charge in [0.2, 0.25) is 0 Å². The lowest BCUT2D eigenvalue weighted by molar-refractivity contribution is 0.628. The van der Waals surface area contributed by atoms with Crippen molar-refractivity contribution in [3.05, 3.63) is 156 Å². The molecule has 8 rings (SSSR count). The van der Waals surface area contributed by atoms with E-state index in [9.17, 15) is 4.39 Å². The van der Waals surface area contributed by atoms with Gasteiger partial charge < -0.3 is 4.57 Å². The summed E-state index contributed by atoms with van der Waals surface area (Å²) in [6.07, 6.45) is 0. The van der Waals surface area contributed by atoms with E-state index in [4.69, 9.17) is 15.0 Å². The van der Waals surface area contributed by atoms with E-state index >= 15 is 0 Å². The van der Waals surface area contributed by atoms with Gasteiger partial charge in [-0.2, -0.15) is 0 Å². The topological polar surface area (TPSA) is 43.6 Å². The Morgan fingerprint density at radius 2 is 0.978 bits per heavy atom. The Morgan fingerprint density at radius 3 is 1.52 bits per heavy atom.